The highest BCUT2D eigenvalue weighted by molar-refractivity contribution is 5.96. The Balaban J connectivity index is 1.69. The van der Waals surface area contributed by atoms with Crippen LogP contribution >= 0.6 is 0 Å². The number of hydrogen-bond acceptors (Lipinski definition) is 3. The Morgan fingerprint density at radius 1 is 0.970 bits per heavy atom. The van der Waals surface area contributed by atoms with E-state index in [9.17, 15) is 27.2 Å². The van der Waals surface area contributed by atoms with Gasteiger partial charge in [0.1, 0.15) is 5.82 Å². The Kier molecular flexibility index (Phi) is 11.1. The van der Waals surface area contributed by atoms with Gasteiger partial charge in [0, 0.05) is 13.1 Å². The number of halogens is 4. The zero-order chi connectivity index (χ0) is 24.3. The van der Waals surface area contributed by atoms with Crippen molar-refractivity contribution in [2.45, 2.75) is 83.7 Å². The fraction of sp³-hybridized carbons (Fsp3) is 0.680. The second kappa shape index (κ2) is 13.6. The van der Waals surface area contributed by atoms with Crippen molar-refractivity contribution >= 4 is 11.9 Å². The van der Waals surface area contributed by atoms with Crippen LogP contribution in [0.4, 0.5) is 17.6 Å². The zero-order valence-electron chi connectivity index (χ0n) is 19.4. The van der Waals surface area contributed by atoms with Crippen molar-refractivity contribution in [1.82, 2.24) is 4.90 Å². The number of likely N-dealkylation sites (tertiary alicyclic amines) is 1. The van der Waals surface area contributed by atoms with Crippen molar-refractivity contribution in [2.24, 2.45) is 5.92 Å². The smallest absolute Gasteiger partial charge is 0.417 e. The molecule has 0 spiro atoms. The number of unbranched alkanes of at least 4 members (excludes halogenated alkanes) is 8. The number of amides is 1. The number of carbonyl (C=O) groups is 2. The van der Waals surface area contributed by atoms with Gasteiger partial charge in [-0.15, -0.1) is 0 Å². The molecule has 1 saturated heterocycles. The Bertz CT molecular complexity index is 759. The van der Waals surface area contributed by atoms with Gasteiger partial charge in [0.15, 0.2) is 0 Å². The molecular weight excluding hydrogens is 438 g/mol. The molecule has 1 aromatic carbocycles. The standard InChI is InChI=1S/C25H35F4NO3/c1-2-3-4-5-6-7-8-9-10-17-33-24(32)19-13-15-30(16-14-19)23(31)21-12-11-20(26)18-22(21)25(27,28)29/h11-12,18-19H,2-10,13-17H2,1H3. The second-order valence-electron chi connectivity index (χ2n) is 8.75. The topological polar surface area (TPSA) is 46.6 Å². The maximum Gasteiger partial charge on any atom is 0.417 e. The summed E-state index contributed by atoms with van der Waals surface area (Å²) >= 11 is 0. The Morgan fingerprint density at radius 2 is 1.55 bits per heavy atom. The van der Waals surface area contributed by atoms with Crippen LogP contribution in [0, 0.1) is 11.7 Å². The van der Waals surface area contributed by atoms with Crippen LogP contribution in [0.2, 0.25) is 0 Å². The zero-order valence-corrected chi connectivity index (χ0v) is 19.4. The molecule has 0 aliphatic carbocycles. The molecule has 0 radical (unpaired) electrons. The van der Waals surface area contributed by atoms with E-state index in [0.717, 1.165) is 31.4 Å². The third kappa shape index (κ3) is 8.97. The minimum absolute atomic E-state index is 0.158. The number of alkyl halides is 3. The minimum atomic E-state index is -4.83. The maximum atomic E-state index is 13.3. The first-order valence-electron chi connectivity index (χ1n) is 12.1. The second-order valence-corrected chi connectivity index (χ2v) is 8.75. The summed E-state index contributed by atoms with van der Waals surface area (Å²) in [5.74, 6) is -2.52. The van der Waals surface area contributed by atoms with Crippen molar-refractivity contribution < 1.29 is 31.9 Å². The van der Waals surface area contributed by atoms with Crippen LogP contribution in [0.5, 0.6) is 0 Å². The lowest BCUT2D eigenvalue weighted by atomic mass is 9.96. The molecule has 4 nitrogen and oxygen atoms in total. The minimum Gasteiger partial charge on any atom is -0.465 e. The summed E-state index contributed by atoms with van der Waals surface area (Å²) in [6.07, 6.45) is 6.39. The molecule has 1 aliphatic heterocycles. The van der Waals surface area contributed by atoms with E-state index < -0.39 is 29.0 Å². The molecule has 1 aromatic rings. The van der Waals surface area contributed by atoms with E-state index >= 15 is 0 Å². The van der Waals surface area contributed by atoms with E-state index in [4.69, 9.17) is 4.74 Å². The molecule has 0 aromatic heterocycles. The Labute approximate surface area is 193 Å². The SMILES string of the molecule is CCCCCCCCCCCOC(=O)C1CCN(C(=O)c2ccc(F)cc2C(F)(F)F)CC1. The summed E-state index contributed by atoms with van der Waals surface area (Å²) < 4.78 is 58.3. The van der Waals surface area contributed by atoms with E-state index in [1.165, 1.54) is 43.4 Å². The van der Waals surface area contributed by atoms with Gasteiger partial charge in [-0.2, -0.15) is 13.2 Å². The first-order valence-corrected chi connectivity index (χ1v) is 12.1. The molecule has 2 rings (SSSR count). The average molecular weight is 474 g/mol. The highest BCUT2D eigenvalue weighted by atomic mass is 19.4. The van der Waals surface area contributed by atoms with E-state index in [1.807, 2.05) is 0 Å². The Morgan fingerprint density at radius 3 is 2.12 bits per heavy atom. The van der Waals surface area contributed by atoms with Gasteiger partial charge in [-0.05, 0) is 37.5 Å². The van der Waals surface area contributed by atoms with Gasteiger partial charge in [-0.3, -0.25) is 9.59 Å². The Hall–Kier alpha value is -2.12. The van der Waals surface area contributed by atoms with E-state index in [-0.39, 0.29) is 25.0 Å². The molecule has 1 heterocycles. The molecule has 1 fully saturated rings. The van der Waals surface area contributed by atoms with E-state index in [2.05, 4.69) is 6.92 Å². The van der Waals surface area contributed by atoms with Crippen molar-refractivity contribution in [3.05, 3.63) is 35.1 Å². The summed E-state index contributed by atoms with van der Waals surface area (Å²) in [5, 5.41) is 0. The predicted octanol–water partition coefficient (Wildman–Crippen LogP) is 6.77. The van der Waals surface area contributed by atoms with Crippen LogP contribution in [-0.4, -0.2) is 36.5 Å². The van der Waals surface area contributed by atoms with Gasteiger partial charge in [0.05, 0.1) is 23.7 Å². The summed E-state index contributed by atoms with van der Waals surface area (Å²) in [5.41, 5.74) is -1.86. The normalized spacial score (nSPS) is 15.0. The van der Waals surface area contributed by atoms with Gasteiger partial charge in [-0.1, -0.05) is 58.3 Å². The molecule has 186 valence electrons. The number of nitrogens with zero attached hydrogens (tertiary/aromatic N) is 1. The van der Waals surface area contributed by atoms with Crippen LogP contribution in [0.1, 0.15) is 93.5 Å². The van der Waals surface area contributed by atoms with Crippen molar-refractivity contribution in [2.75, 3.05) is 19.7 Å². The van der Waals surface area contributed by atoms with Crippen molar-refractivity contribution in [3.8, 4) is 0 Å². The lowest BCUT2D eigenvalue weighted by Crippen LogP contribution is -2.41. The molecule has 1 amide bonds. The molecule has 1 aliphatic rings. The molecule has 0 saturated carbocycles. The molecule has 0 unspecified atom stereocenters. The number of ether oxygens (including phenoxy) is 1. The van der Waals surface area contributed by atoms with Crippen LogP contribution in [0.25, 0.3) is 0 Å². The van der Waals surface area contributed by atoms with Crippen LogP contribution in [0.15, 0.2) is 18.2 Å². The van der Waals surface area contributed by atoms with Crippen LogP contribution < -0.4 is 0 Å². The van der Waals surface area contributed by atoms with E-state index in [0.29, 0.717) is 25.5 Å². The molecule has 33 heavy (non-hydrogen) atoms. The number of rotatable bonds is 12. The number of esters is 1. The monoisotopic (exact) mass is 473 g/mol. The highest BCUT2D eigenvalue weighted by Gasteiger charge is 2.37. The van der Waals surface area contributed by atoms with Gasteiger partial charge in [0.2, 0.25) is 0 Å². The fourth-order valence-corrected chi connectivity index (χ4v) is 4.13. The lowest BCUT2D eigenvalue weighted by Gasteiger charge is -2.31. The van der Waals surface area contributed by atoms with Crippen molar-refractivity contribution in [3.63, 3.8) is 0 Å². The predicted molar refractivity (Wildman–Crippen MR) is 118 cm³/mol. The molecule has 0 atom stereocenters. The third-order valence-corrected chi connectivity index (χ3v) is 6.13. The third-order valence-electron chi connectivity index (χ3n) is 6.13. The fourth-order valence-electron chi connectivity index (χ4n) is 4.13. The lowest BCUT2D eigenvalue weighted by molar-refractivity contribution is -0.150. The summed E-state index contributed by atoms with van der Waals surface area (Å²) in [7, 11) is 0. The number of hydrogen-bond donors (Lipinski definition) is 0. The molecule has 0 N–H and O–H groups in total. The summed E-state index contributed by atoms with van der Waals surface area (Å²) in [4.78, 5) is 26.2. The van der Waals surface area contributed by atoms with Crippen LogP contribution in [0.3, 0.4) is 0 Å². The van der Waals surface area contributed by atoms with Gasteiger partial charge < -0.3 is 9.64 Å². The highest BCUT2D eigenvalue weighted by Crippen LogP contribution is 2.33. The first-order chi connectivity index (χ1) is 15.7. The quantitative estimate of drug-likeness (QED) is 0.191. The largest absolute Gasteiger partial charge is 0.465 e. The van der Waals surface area contributed by atoms with E-state index in [1.54, 1.807) is 0 Å². The number of carbonyl (C=O) groups excluding carboxylic acids is 2. The molecule has 8 heteroatoms. The first kappa shape index (κ1) is 27.1. The summed E-state index contributed by atoms with van der Waals surface area (Å²) in [6.45, 7) is 2.89. The summed E-state index contributed by atoms with van der Waals surface area (Å²) in [6, 6.07) is 2.05. The maximum absolute atomic E-state index is 13.3. The van der Waals surface area contributed by atoms with Gasteiger partial charge >= 0.3 is 12.1 Å². The van der Waals surface area contributed by atoms with Gasteiger partial charge in [0.25, 0.3) is 5.91 Å². The molecule has 0 bridgehead atoms. The van der Waals surface area contributed by atoms with Crippen molar-refractivity contribution in [1.29, 1.82) is 0 Å². The average Bonchev–Trinajstić information content (AvgIpc) is 2.79. The van der Waals surface area contributed by atoms with Gasteiger partial charge in [-0.25, -0.2) is 4.39 Å². The van der Waals surface area contributed by atoms with Crippen LogP contribution in [-0.2, 0) is 15.7 Å². The number of piperidine rings is 1. The number of benzene rings is 1. The molecular formula is C25H35F4NO3.